The van der Waals surface area contributed by atoms with Gasteiger partial charge < -0.3 is 18.9 Å². The first-order chi connectivity index (χ1) is 13.2. The Morgan fingerprint density at radius 1 is 1.15 bits per heavy atom. The summed E-state index contributed by atoms with van der Waals surface area (Å²) in [6.07, 6.45) is 7.31. The second kappa shape index (κ2) is 7.84. The maximum absolute atomic E-state index is 12.5. The molecule has 4 rings (SSSR count). The molecule has 0 aliphatic carbocycles. The first-order valence-corrected chi connectivity index (χ1v) is 9.26. The molecule has 1 aromatic carbocycles. The predicted molar refractivity (Wildman–Crippen MR) is 102 cm³/mol. The van der Waals surface area contributed by atoms with E-state index in [9.17, 15) is 4.79 Å². The molecule has 1 fully saturated rings. The van der Waals surface area contributed by atoms with Gasteiger partial charge in [-0.1, -0.05) is 6.07 Å². The number of amides is 1. The molecule has 2 aromatic rings. The zero-order valence-electron chi connectivity index (χ0n) is 15.5. The molecule has 27 heavy (non-hydrogen) atoms. The lowest BCUT2D eigenvalue weighted by atomic mass is 10.2. The van der Waals surface area contributed by atoms with Crippen LogP contribution in [0.2, 0.25) is 0 Å². The quantitative estimate of drug-likeness (QED) is 0.753. The average molecular weight is 368 g/mol. The van der Waals surface area contributed by atoms with Crippen LogP contribution in [-0.4, -0.2) is 64.8 Å². The van der Waals surface area contributed by atoms with Gasteiger partial charge in [-0.25, -0.2) is 4.98 Å². The van der Waals surface area contributed by atoms with Crippen molar-refractivity contribution in [3.63, 3.8) is 0 Å². The average Bonchev–Trinajstić information content (AvgIpc) is 3.33. The number of hydrogen-bond donors (Lipinski definition) is 0. The number of rotatable bonds is 5. The highest BCUT2D eigenvalue weighted by molar-refractivity contribution is 5.92. The minimum atomic E-state index is 0.0535. The van der Waals surface area contributed by atoms with Gasteiger partial charge in [0.2, 0.25) is 12.7 Å². The van der Waals surface area contributed by atoms with E-state index in [0.717, 1.165) is 62.2 Å². The highest BCUT2D eigenvalue weighted by Gasteiger charge is 2.19. The molecular formula is C20H24N4O3. The fourth-order valence-electron chi connectivity index (χ4n) is 3.37. The number of aromatic nitrogens is 2. The second-order valence-electron chi connectivity index (χ2n) is 6.78. The Kier molecular flexibility index (Phi) is 5.11. The molecule has 2 aliphatic heterocycles. The Bertz CT molecular complexity index is 838. The minimum absolute atomic E-state index is 0.0535. The van der Waals surface area contributed by atoms with Crippen molar-refractivity contribution in [2.75, 3.05) is 39.5 Å². The molecule has 1 amide bonds. The topological polar surface area (TPSA) is 59.8 Å². The number of piperazine rings is 1. The van der Waals surface area contributed by atoms with E-state index in [0.29, 0.717) is 0 Å². The van der Waals surface area contributed by atoms with Crippen molar-refractivity contribution in [2.45, 2.75) is 13.5 Å². The van der Waals surface area contributed by atoms with Gasteiger partial charge in [0.25, 0.3) is 0 Å². The van der Waals surface area contributed by atoms with Gasteiger partial charge in [-0.15, -0.1) is 0 Å². The Morgan fingerprint density at radius 3 is 2.74 bits per heavy atom. The van der Waals surface area contributed by atoms with Gasteiger partial charge in [-0.3, -0.25) is 9.69 Å². The van der Waals surface area contributed by atoms with E-state index in [1.807, 2.05) is 48.5 Å². The van der Waals surface area contributed by atoms with Crippen molar-refractivity contribution in [3.05, 3.63) is 48.1 Å². The molecule has 2 aliphatic rings. The Balaban J connectivity index is 1.25. The van der Waals surface area contributed by atoms with E-state index in [2.05, 4.69) is 14.5 Å². The molecule has 0 saturated carbocycles. The smallest absolute Gasteiger partial charge is 0.246 e. The summed E-state index contributed by atoms with van der Waals surface area (Å²) < 4.78 is 12.8. The number of ether oxygens (including phenoxy) is 2. The molecule has 1 aromatic heterocycles. The largest absolute Gasteiger partial charge is 0.454 e. The van der Waals surface area contributed by atoms with Crippen LogP contribution in [0.4, 0.5) is 0 Å². The van der Waals surface area contributed by atoms with Crippen molar-refractivity contribution in [1.29, 1.82) is 0 Å². The van der Waals surface area contributed by atoms with Crippen LogP contribution in [-0.2, 0) is 11.3 Å². The van der Waals surface area contributed by atoms with Gasteiger partial charge in [-0.05, 0) is 30.7 Å². The van der Waals surface area contributed by atoms with Crippen LogP contribution in [0.1, 0.15) is 11.4 Å². The molecule has 1 saturated heterocycles. The Labute approximate surface area is 158 Å². The zero-order chi connectivity index (χ0) is 18.6. The molecule has 3 heterocycles. The van der Waals surface area contributed by atoms with E-state index in [1.54, 1.807) is 6.08 Å². The van der Waals surface area contributed by atoms with Crippen molar-refractivity contribution >= 4 is 12.0 Å². The van der Waals surface area contributed by atoms with E-state index < -0.39 is 0 Å². The molecule has 0 atom stereocenters. The normalized spacial score (nSPS) is 17.0. The molecular weight excluding hydrogens is 344 g/mol. The zero-order valence-corrected chi connectivity index (χ0v) is 15.5. The third-order valence-corrected chi connectivity index (χ3v) is 5.08. The highest BCUT2D eigenvalue weighted by Crippen LogP contribution is 2.32. The summed E-state index contributed by atoms with van der Waals surface area (Å²) in [7, 11) is 0. The van der Waals surface area contributed by atoms with Crippen LogP contribution in [0, 0.1) is 6.92 Å². The van der Waals surface area contributed by atoms with E-state index in [1.165, 1.54) is 0 Å². The lowest BCUT2D eigenvalue weighted by molar-refractivity contribution is -0.127. The molecule has 7 nitrogen and oxygen atoms in total. The van der Waals surface area contributed by atoms with E-state index in [4.69, 9.17) is 9.47 Å². The predicted octanol–water partition coefficient (Wildman–Crippen LogP) is 1.78. The Hall–Kier alpha value is -2.80. The van der Waals surface area contributed by atoms with Crippen LogP contribution in [0.25, 0.3) is 6.08 Å². The summed E-state index contributed by atoms with van der Waals surface area (Å²) in [6, 6.07) is 5.68. The first kappa shape index (κ1) is 17.6. The third-order valence-electron chi connectivity index (χ3n) is 5.08. The van der Waals surface area contributed by atoms with Gasteiger partial charge in [-0.2, -0.15) is 0 Å². The SMILES string of the molecule is Cc1nccn1CCN1CCN(C(=O)/C=C/c2ccc3c(c2)OCO3)CC1. The van der Waals surface area contributed by atoms with E-state index in [-0.39, 0.29) is 12.7 Å². The highest BCUT2D eigenvalue weighted by atomic mass is 16.7. The lowest BCUT2D eigenvalue weighted by Gasteiger charge is -2.34. The first-order valence-electron chi connectivity index (χ1n) is 9.26. The maximum Gasteiger partial charge on any atom is 0.246 e. The maximum atomic E-state index is 12.5. The number of nitrogens with zero attached hydrogens (tertiary/aromatic N) is 4. The van der Waals surface area contributed by atoms with Gasteiger partial charge in [0.1, 0.15) is 5.82 Å². The van der Waals surface area contributed by atoms with Crippen molar-refractivity contribution < 1.29 is 14.3 Å². The van der Waals surface area contributed by atoms with Gasteiger partial charge >= 0.3 is 0 Å². The lowest BCUT2D eigenvalue weighted by Crippen LogP contribution is -2.48. The summed E-state index contributed by atoms with van der Waals surface area (Å²) in [4.78, 5) is 21.0. The van der Waals surface area contributed by atoms with Crippen molar-refractivity contribution in [3.8, 4) is 11.5 Å². The summed E-state index contributed by atoms with van der Waals surface area (Å²) >= 11 is 0. The summed E-state index contributed by atoms with van der Waals surface area (Å²) in [6.45, 7) is 7.50. The van der Waals surface area contributed by atoms with Crippen LogP contribution in [0.15, 0.2) is 36.7 Å². The summed E-state index contributed by atoms with van der Waals surface area (Å²) in [5, 5.41) is 0. The van der Waals surface area contributed by atoms with Crippen LogP contribution >= 0.6 is 0 Å². The number of hydrogen-bond acceptors (Lipinski definition) is 5. The number of fused-ring (bicyclic) bond motifs is 1. The fraction of sp³-hybridized carbons (Fsp3) is 0.400. The molecule has 0 N–H and O–H groups in total. The molecule has 0 spiro atoms. The molecule has 142 valence electrons. The number of aryl methyl sites for hydroxylation is 1. The molecule has 0 bridgehead atoms. The molecule has 0 radical (unpaired) electrons. The minimum Gasteiger partial charge on any atom is -0.454 e. The second-order valence-corrected chi connectivity index (χ2v) is 6.78. The number of benzene rings is 1. The van der Waals surface area contributed by atoms with Crippen LogP contribution < -0.4 is 9.47 Å². The number of imidazole rings is 1. The van der Waals surface area contributed by atoms with Crippen molar-refractivity contribution in [1.82, 2.24) is 19.4 Å². The van der Waals surface area contributed by atoms with Gasteiger partial charge in [0, 0.05) is 57.7 Å². The number of carbonyl (C=O) groups excluding carboxylic acids is 1. The summed E-state index contributed by atoms with van der Waals surface area (Å²) in [5.74, 6) is 2.57. The molecule has 7 heteroatoms. The number of carbonyl (C=O) groups is 1. The third kappa shape index (κ3) is 4.14. The monoisotopic (exact) mass is 368 g/mol. The van der Waals surface area contributed by atoms with Crippen LogP contribution in [0.5, 0.6) is 11.5 Å². The van der Waals surface area contributed by atoms with Gasteiger partial charge in [0.15, 0.2) is 11.5 Å². The van der Waals surface area contributed by atoms with Crippen molar-refractivity contribution in [2.24, 2.45) is 0 Å². The standard InChI is InChI=1S/C20H24N4O3/c1-16-21-6-7-23(16)11-8-22-9-12-24(13-10-22)20(25)5-3-17-2-4-18-19(14-17)27-15-26-18/h2-7,14H,8-13,15H2,1H3/b5-3+. The Morgan fingerprint density at radius 2 is 1.96 bits per heavy atom. The van der Waals surface area contributed by atoms with Crippen LogP contribution in [0.3, 0.4) is 0 Å². The summed E-state index contributed by atoms with van der Waals surface area (Å²) in [5.41, 5.74) is 0.932. The van der Waals surface area contributed by atoms with E-state index >= 15 is 0 Å². The fourth-order valence-corrected chi connectivity index (χ4v) is 3.37. The molecule has 0 unspecified atom stereocenters. The van der Waals surface area contributed by atoms with Gasteiger partial charge in [0.05, 0.1) is 0 Å².